The summed E-state index contributed by atoms with van der Waals surface area (Å²) in [6, 6.07) is 36.3. The molecule has 0 fully saturated rings. The Hall–Kier alpha value is -3.44. The third-order valence-corrected chi connectivity index (χ3v) is 12.2. The highest BCUT2D eigenvalue weighted by molar-refractivity contribution is 5.47. The quantitative estimate of drug-likeness (QED) is 0.0532. The van der Waals surface area contributed by atoms with Gasteiger partial charge in [-0.2, -0.15) is 0 Å². The van der Waals surface area contributed by atoms with Crippen LogP contribution in [0.5, 0.6) is 5.75 Å². The number of hydrogen-bond donors (Lipinski definition) is 1. The number of ether oxygens (including phenoxy) is 3. The van der Waals surface area contributed by atoms with Crippen molar-refractivity contribution < 1.29 is 19.3 Å². The first-order valence-corrected chi connectivity index (χ1v) is 24.3. The van der Waals surface area contributed by atoms with E-state index in [9.17, 15) is 5.11 Å². The van der Waals surface area contributed by atoms with Crippen LogP contribution in [0.15, 0.2) is 103 Å². The van der Waals surface area contributed by atoms with E-state index < -0.39 is 16.8 Å². The molecule has 3 atom stereocenters. The van der Waals surface area contributed by atoms with Crippen molar-refractivity contribution in [3.63, 3.8) is 0 Å². The summed E-state index contributed by atoms with van der Waals surface area (Å²) in [4.78, 5) is 0. The normalized spacial score (nSPS) is 13.9. The standard InChI is InChI=1S/C57H84O4/c1-10-13-16-28-37-52(45-31-22-19-23-32-45)59-55(4,5)42-48-40-41-51(58)50(44-57(8,9)61-54(39-30-18-15-12-3)47-35-26-21-27-36-47)49(48)43-56(6,7)60-53(38-29-17-14-11-2)46-33-24-20-25-34-46/h19-27,31-36,40-41,52-54,58H,10-18,28-30,37-39,42-44H2,1-9H3. The van der Waals surface area contributed by atoms with Gasteiger partial charge in [0.25, 0.3) is 0 Å². The van der Waals surface area contributed by atoms with Gasteiger partial charge in [-0.05, 0) is 94.7 Å². The number of rotatable bonds is 30. The van der Waals surface area contributed by atoms with Crippen LogP contribution in [0.3, 0.4) is 0 Å². The van der Waals surface area contributed by atoms with E-state index in [4.69, 9.17) is 14.2 Å². The molecule has 0 bridgehead atoms. The lowest BCUT2D eigenvalue weighted by atomic mass is 9.82. The molecular formula is C57H84O4. The molecule has 0 aliphatic rings. The molecule has 4 aromatic carbocycles. The smallest absolute Gasteiger partial charge is 0.119 e. The number of hydrogen-bond acceptors (Lipinski definition) is 4. The molecule has 3 unspecified atom stereocenters. The zero-order valence-electron chi connectivity index (χ0n) is 39.9. The molecule has 0 aliphatic carbocycles. The highest BCUT2D eigenvalue weighted by Gasteiger charge is 2.34. The second kappa shape index (κ2) is 25.6. The van der Waals surface area contributed by atoms with Gasteiger partial charge in [-0.1, -0.05) is 195 Å². The minimum atomic E-state index is -0.560. The summed E-state index contributed by atoms with van der Waals surface area (Å²) in [5.74, 6) is 0.321. The van der Waals surface area contributed by atoms with E-state index in [2.05, 4.69) is 159 Å². The van der Waals surface area contributed by atoms with Crippen molar-refractivity contribution in [3.05, 3.63) is 137 Å². The van der Waals surface area contributed by atoms with Crippen LogP contribution in [-0.4, -0.2) is 21.9 Å². The molecule has 0 amide bonds. The van der Waals surface area contributed by atoms with Gasteiger partial charge in [0.05, 0.1) is 35.1 Å². The molecule has 61 heavy (non-hydrogen) atoms. The average Bonchev–Trinajstić information content (AvgIpc) is 3.24. The van der Waals surface area contributed by atoms with E-state index in [1.54, 1.807) is 0 Å². The van der Waals surface area contributed by atoms with Crippen LogP contribution >= 0.6 is 0 Å². The lowest BCUT2D eigenvalue weighted by Crippen LogP contribution is -2.35. The first kappa shape index (κ1) is 50.2. The largest absolute Gasteiger partial charge is 0.508 e. The highest BCUT2D eigenvalue weighted by atomic mass is 16.5. The van der Waals surface area contributed by atoms with Crippen molar-refractivity contribution in [1.82, 2.24) is 0 Å². The lowest BCUT2D eigenvalue weighted by Gasteiger charge is -2.37. The fourth-order valence-corrected chi connectivity index (χ4v) is 9.06. The van der Waals surface area contributed by atoms with Gasteiger partial charge < -0.3 is 19.3 Å². The van der Waals surface area contributed by atoms with Gasteiger partial charge in [0.2, 0.25) is 0 Å². The number of phenolic OH excluding ortho intramolecular Hbond substituents is 1. The predicted octanol–water partition coefficient (Wildman–Crippen LogP) is 16.5. The second-order valence-electron chi connectivity index (χ2n) is 19.6. The number of benzene rings is 4. The zero-order chi connectivity index (χ0) is 44.1. The summed E-state index contributed by atoms with van der Waals surface area (Å²) in [6.07, 6.45) is 19.2. The Kier molecular flexibility index (Phi) is 21.1. The summed E-state index contributed by atoms with van der Waals surface area (Å²) in [5, 5.41) is 12.0. The summed E-state index contributed by atoms with van der Waals surface area (Å²) in [5.41, 5.74) is 5.40. The van der Waals surface area contributed by atoms with E-state index in [1.807, 2.05) is 6.07 Å². The Morgan fingerprint density at radius 3 is 1.07 bits per heavy atom. The van der Waals surface area contributed by atoms with Gasteiger partial charge >= 0.3 is 0 Å². The average molecular weight is 833 g/mol. The molecule has 4 aromatic rings. The van der Waals surface area contributed by atoms with Crippen LogP contribution in [0.4, 0.5) is 0 Å². The Balaban J connectivity index is 1.72. The molecule has 336 valence electrons. The molecule has 4 heteroatoms. The van der Waals surface area contributed by atoms with E-state index in [0.717, 1.165) is 49.7 Å². The van der Waals surface area contributed by atoms with Gasteiger partial charge in [0.15, 0.2) is 0 Å². The van der Waals surface area contributed by atoms with Gasteiger partial charge in [0.1, 0.15) is 5.75 Å². The number of aromatic hydroxyl groups is 1. The molecule has 0 aromatic heterocycles. The summed E-state index contributed by atoms with van der Waals surface area (Å²) >= 11 is 0. The Bertz CT molecular complexity index is 1760. The van der Waals surface area contributed by atoms with Crippen molar-refractivity contribution in [2.45, 2.75) is 213 Å². The highest BCUT2D eigenvalue weighted by Crippen LogP contribution is 2.40. The molecular weight excluding hydrogens is 749 g/mol. The van der Waals surface area contributed by atoms with Crippen LogP contribution in [0.25, 0.3) is 0 Å². The maximum Gasteiger partial charge on any atom is 0.119 e. The molecule has 0 heterocycles. The second-order valence-corrected chi connectivity index (χ2v) is 19.6. The minimum Gasteiger partial charge on any atom is -0.508 e. The molecule has 0 saturated carbocycles. The molecule has 0 radical (unpaired) electrons. The van der Waals surface area contributed by atoms with Crippen LogP contribution in [0, 0.1) is 0 Å². The van der Waals surface area contributed by atoms with E-state index in [0.29, 0.717) is 25.0 Å². The van der Waals surface area contributed by atoms with Gasteiger partial charge in [0, 0.05) is 24.8 Å². The molecule has 0 saturated heterocycles. The fourth-order valence-electron chi connectivity index (χ4n) is 9.06. The van der Waals surface area contributed by atoms with Crippen molar-refractivity contribution >= 4 is 0 Å². The van der Waals surface area contributed by atoms with Gasteiger partial charge in [-0.25, -0.2) is 0 Å². The van der Waals surface area contributed by atoms with Crippen LogP contribution in [0.1, 0.15) is 210 Å². The number of phenols is 1. The Morgan fingerprint density at radius 1 is 0.393 bits per heavy atom. The minimum absolute atomic E-state index is 0.00628. The number of unbranched alkanes of at least 4 members (excludes halogenated alkanes) is 9. The van der Waals surface area contributed by atoms with Gasteiger partial charge in [-0.3, -0.25) is 0 Å². The topological polar surface area (TPSA) is 47.9 Å². The first-order chi connectivity index (χ1) is 29.3. The van der Waals surface area contributed by atoms with Crippen LogP contribution < -0.4 is 0 Å². The SMILES string of the molecule is CCCCCCC(OC(C)(C)Cc1ccc(O)c(CC(C)(C)OC(CCCCCC)c2ccccc2)c1CC(C)(C)OC(CCCCCC)c1ccccc1)c1ccccc1. The maximum absolute atomic E-state index is 12.0. The molecule has 0 aliphatic heterocycles. The third kappa shape index (κ3) is 17.7. The fraction of sp³-hybridized carbons (Fsp3) is 0.579. The first-order valence-electron chi connectivity index (χ1n) is 24.3. The van der Waals surface area contributed by atoms with E-state index in [-0.39, 0.29) is 18.3 Å². The predicted molar refractivity (Wildman–Crippen MR) is 259 cm³/mol. The lowest BCUT2D eigenvalue weighted by molar-refractivity contribution is -0.0823. The molecule has 4 rings (SSSR count). The molecule has 0 spiro atoms. The third-order valence-electron chi connectivity index (χ3n) is 12.2. The van der Waals surface area contributed by atoms with E-state index in [1.165, 1.54) is 80.0 Å². The zero-order valence-corrected chi connectivity index (χ0v) is 39.9. The summed E-state index contributed by atoms with van der Waals surface area (Å²) < 4.78 is 21.6. The van der Waals surface area contributed by atoms with E-state index >= 15 is 0 Å². The van der Waals surface area contributed by atoms with Crippen molar-refractivity contribution in [1.29, 1.82) is 0 Å². The monoisotopic (exact) mass is 833 g/mol. The van der Waals surface area contributed by atoms with Crippen molar-refractivity contribution in [2.24, 2.45) is 0 Å². The molecule has 4 nitrogen and oxygen atoms in total. The van der Waals surface area contributed by atoms with Crippen molar-refractivity contribution in [3.8, 4) is 5.75 Å². The Morgan fingerprint density at radius 2 is 0.721 bits per heavy atom. The molecule has 1 N–H and O–H groups in total. The van der Waals surface area contributed by atoms with Crippen LogP contribution in [-0.2, 0) is 33.5 Å². The summed E-state index contributed by atoms with van der Waals surface area (Å²) in [6.45, 7) is 20.1. The Labute approximate surface area is 373 Å². The summed E-state index contributed by atoms with van der Waals surface area (Å²) in [7, 11) is 0. The maximum atomic E-state index is 12.0. The van der Waals surface area contributed by atoms with Crippen LogP contribution in [0.2, 0.25) is 0 Å². The van der Waals surface area contributed by atoms with Crippen molar-refractivity contribution in [2.75, 3.05) is 0 Å². The van der Waals surface area contributed by atoms with Gasteiger partial charge in [-0.15, -0.1) is 0 Å².